The maximum Gasteiger partial charge on any atom is 0.118 e. The summed E-state index contributed by atoms with van der Waals surface area (Å²) in [7, 11) is 1.67. The number of nitrogens with one attached hydrogen (secondary N) is 1. The number of halogens is 1. The van der Waals surface area contributed by atoms with E-state index in [9.17, 15) is 0 Å². The molecule has 0 aliphatic carbocycles. The average molecular weight is 258 g/mol. The Kier molecular flexibility index (Phi) is 2.73. The van der Waals surface area contributed by atoms with Crippen LogP contribution in [0.5, 0.6) is 5.75 Å². The van der Waals surface area contributed by atoms with Gasteiger partial charge in [0.1, 0.15) is 5.75 Å². The molecule has 3 rings (SSSR count). The van der Waals surface area contributed by atoms with Gasteiger partial charge in [-0.2, -0.15) is 0 Å². The molecule has 0 spiro atoms. The zero-order valence-corrected chi connectivity index (χ0v) is 10.7. The molecule has 0 saturated heterocycles. The van der Waals surface area contributed by atoms with Gasteiger partial charge in [-0.25, -0.2) is 0 Å². The summed E-state index contributed by atoms with van der Waals surface area (Å²) in [5.74, 6) is 0.859. The summed E-state index contributed by atoms with van der Waals surface area (Å²) in [6.45, 7) is 0. The number of methoxy groups -OCH3 is 1. The zero-order chi connectivity index (χ0) is 12.5. The van der Waals surface area contributed by atoms with Crippen LogP contribution in [-0.2, 0) is 0 Å². The second-order valence-electron chi connectivity index (χ2n) is 4.14. The van der Waals surface area contributed by atoms with E-state index in [0.29, 0.717) is 0 Å². The minimum Gasteiger partial charge on any atom is -0.497 e. The number of hydrogen-bond donors (Lipinski definition) is 1. The van der Waals surface area contributed by atoms with E-state index in [2.05, 4.69) is 11.1 Å². The molecule has 0 aliphatic heterocycles. The van der Waals surface area contributed by atoms with E-state index in [4.69, 9.17) is 16.3 Å². The number of fused-ring (bicyclic) bond motifs is 1. The molecule has 0 fully saturated rings. The molecule has 0 unspecified atom stereocenters. The Balaban J connectivity index is 2.07. The fourth-order valence-electron chi connectivity index (χ4n) is 2.03. The van der Waals surface area contributed by atoms with E-state index >= 15 is 0 Å². The minimum atomic E-state index is 0.741. The number of hydrogen-bond acceptors (Lipinski definition) is 1. The van der Waals surface area contributed by atoms with E-state index in [1.165, 1.54) is 0 Å². The van der Waals surface area contributed by atoms with Gasteiger partial charge in [0.25, 0.3) is 0 Å². The van der Waals surface area contributed by atoms with Gasteiger partial charge in [-0.3, -0.25) is 0 Å². The summed E-state index contributed by atoms with van der Waals surface area (Å²) >= 11 is 5.98. The average Bonchev–Trinajstić information content (AvgIpc) is 2.81. The largest absolute Gasteiger partial charge is 0.497 e. The van der Waals surface area contributed by atoms with Gasteiger partial charge in [-0.15, -0.1) is 0 Å². The van der Waals surface area contributed by atoms with Gasteiger partial charge >= 0.3 is 0 Å². The first-order valence-electron chi connectivity index (χ1n) is 5.69. The maximum atomic E-state index is 5.98. The standard InChI is InChI=1S/C15H12ClNO/c1-18-13-6-3-10(4-7-13)14-8-11-2-5-12(16)9-15(11)17-14/h2-9,17H,1H3. The zero-order valence-electron chi connectivity index (χ0n) is 9.91. The van der Waals surface area contributed by atoms with Crippen LogP contribution >= 0.6 is 11.6 Å². The second-order valence-corrected chi connectivity index (χ2v) is 4.58. The van der Waals surface area contributed by atoms with Crippen molar-refractivity contribution in [2.24, 2.45) is 0 Å². The molecule has 1 heterocycles. The molecule has 1 aromatic heterocycles. The molecular weight excluding hydrogens is 246 g/mol. The van der Waals surface area contributed by atoms with Crippen molar-refractivity contribution in [2.45, 2.75) is 0 Å². The Hall–Kier alpha value is -1.93. The van der Waals surface area contributed by atoms with Gasteiger partial charge in [-0.1, -0.05) is 17.7 Å². The highest BCUT2D eigenvalue weighted by molar-refractivity contribution is 6.31. The smallest absolute Gasteiger partial charge is 0.118 e. The molecule has 18 heavy (non-hydrogen) atoms. The van der Waals surface area contributed by atoms with E-state index in [1.807, 2.05) is 42.5 Å². The lowest BCUT2D eigenvalue weighted by molar-refractivity contribution is 0.415. The van der Waals surface area contributed by atoms with Gasteiger partial charge in [0, 0.05) is 21.6 Å². The number of H-pyrrole nitrogens is 1. The van der Waals surface area contributed by atoms with Crippen LogP contribution in [0.25, 0.3) is 22.2 Å². The van der Waals surface area contributed by atoms with Gasteiger partial charge in [0.05, 0.1) is 7.11 Å². The van der Waals surface area contributed by atoms with Crippen molar-refractivity contribution in [2.75, 3.05) is 7.11 Å². The van der Waals surface area contributed by atoms with Crippen LogP contribution in [0, 0.1) is 0 Å². The van der Waals surface area contributed by atoms with Crippen molar-refractivity contribution < 1.29 is 4.74 Å². The Morgan fingerprint density at radius 2 is 1.78 bits per heavy atom. The Morgan fingerprint density at radius 3 is 2.50 bits per heavy atom. The number of rotatable bonds is 2. The first-order valence-corrected chi connectivity index (χ1v) is 6.07. The Labute approximate surface area is 110 Å². The monoisotopic (exact) mass is 257 g/mol. The lowest BCUT2D eigenvalue weighted by Crippen LogP contribution is -1.82. The van der Waals surface area contributed by atoms with Crippen LogP contribution in [-0.4, -0.2) is 12.1 Å². The van der Waals surface area contributed by atoms with E-state index in [-0.39, 0.29) is 0 Å². The number of benzene rings is 2. The van der Waals surface area contributed by atoms with Crippen LogP contribution in [0.4, 0.5) is 0 Å². The summed E-state index contributed by atoms with van der Waals surface area (Å²) in [6, 6.07) is 15.9. The summed E-state index contributed by atoms with van der Waals surface area (Å²) in [4.78, 5) is 3.36. The predicted octanol–water partition coefficient (Wildman–Crippen LogP) is 4.50. The molecule has 1 N–H and O–H groups in total. The minimum absolute atomic E-state index is 0.741. The van der Waals surface area contributed by atoms with Crippen LogP contribution in [0.3, 0.4) is 0 Å². The first-order chi connectivity index (χ1) is 8.76. The molecular formula is C15H12ClNO. The molecule has 0 aliphatic rings. The second kappa shape index (κ2) is 4.39. The van der Waals surface area contributed by atoms with Crippen molar-refractivity contribution in [1.82, 2.24) is 4.98 Å². The lowest BCUT2D eigenvalue weighted by atomic mass is 10.1. The van der Waals surface area contributed by atoms with Gasteiger partial charge < -0.3 is 9.72 Å². The summed E-state index contributed by atoms with van der Waals surface area (Å²) in [6.07, 6.45) is 0. The van der Waals surface area contributed by atoms with Crippen molar-refractivity contribution in [1.29, 1.82) is 0 Å². The van der Waals surface area contributed by atoms with Crippen LogP contribution in [0.2, 0.25) is 5.02 Å². The Bertz CT molecular complexity index is 685. The van der Waals surface area contributed by atoms with E-state index < -0.39 is 0 Å². The maximum absolute atomic E-state index is 5.98. The highest BCUT2D eigenvalue weighted by Crippen LogP contribution is 2.27. The SMILES string of the molecule is COc1ccc(-c2cc3ccc(Cl)cc3[nH]2)cc1. The van der Waals surface area contributed by atoms with Crippen molar-refractivity contribution in [3.63, 3.8) is 0 Å². The normalized spacial score (nSPS) is 10.8. The third kappa shape index (κ3) is 1.95. The lowest BCUT2D eigenvalue weighted by Gasteiger charge is -2.01. The molecule has 2 aromatic carbocycles. The van der Waals surface area contributed by atoms with Crippen LogP contribution in [0.1, 0.15) is 0 Å². The third-order valence-electron chi connectivity index (χ3n) is 2.99. The first kappa shape index (κ1) is 11.2. The van der Waals surface area contributed by atoms with Crippen molar-refractivity contribution in [3.8, 4) is 17.0 Å². The van der Waals surface area contributed by atoms with Crippen molar-refractivity contribution in [3.05, 3.63) is 53.6 Å². The van der Waals surface area contributed by atoms with Gasteiger partial charge in [-0.05, 0) is 48.0 Å². The van der Waals surface area contributed by atoms with Crippen LogP contribution < -0.4 is 4.74 Å². The fraction of sp³-hybridized carbons (Fsp3) is 0.0667. The number of ether oxygens (including phenoxy) is 1. The Morgan fingerprint density at radius 1 is 1.00 bits per heavy atom. The summed E-state index contributed by atoms with van der Waals surface area (Å²) < 4.78 is 5.15. The van der Waals surface area contributed by atoms with Crippen molar-refractivity contribution >= 4 is 22.5 Å². The summed E-state index contributed by atoms with van der Waals surface area (Å²) in [5.41, 5.74) is 3.26. The number of aromatic amines is 1. The third-order valence-corrected chi connectivity index (χ3v) is 3.22. The van der Waals surface area contributed by atoms with Gasteiger partial charge in [0.15, 0.2) is 0 Å². The molecule has 2 nitrogen and oxygen atoms in total. The highest BCUT2D eigenvalue weighted by atomic mass is 35.5. The molecule has 0 amide bonds. The molecule has 0 radical (unpaired) electrons. The highest BCUT2D eigenvalue weighted by Gasteiger charge is 2.04. The van der Waals surface area contributed by atoms with Crippen LogP contribution in [0.15, 0.2) is 48.5 Å². The molecule has 0 saturated carbocycles. The van der Waals surface area contributed by atoms with Gasteiger partial charge in [0.2, 0.25) is 0 Å². The molecule has 0 bridgehead atoms. The molecule has 90 valence electrons. The molecule has 3 aromatic rings. The predicted molar refractivity (Wildman–Crippen MR) is 75.3 cm³/mol. The van der Waals surface area contributed by atoms with E-state index in [0.717, 1.165) is 32.9 Å². The molecule has 0 atom stereocenters. The topological polar surface area (TPSA) is 25.0 Å². The number of aromatic nitrogens is 1. The summed E-state index contributed by atoms with van der Waals surface area (Å²) in [5, 5.41) is 1.90. The quantitative estimate of drug-likeness (QED) is 0.719. The fourth-order valence-corrected chi connectivity index (χ4v) is 2.20. The van der Waals surface area contributed by atoms with E-state index in [1.54, 1.807) is 7.11 Å². The molecule has 3 heteroatoms.